The van der Waals surface area contributed by atoms with Crippen molar-refractivity contribution in [2.24, 2.45) is 0 Å². The fourth-order valence-electron chi connectivity index (χ4n) is 1.71. The van der Waals surface area contributed by atoms with Crippen LogP contribution in [0.4, 0.5) is 4.39 Å². The molecule has 1 aromatic heterocycles. The third kappa shape index (κ3) is 2.63. The molecule has 4 nitrogen and oxygen atoms in total. The molecule has 2 rings (SSSR count). The van der Waals surface area contributed by atoms with Gasteiger partial charge in [-0.3, -0.25) is 4.79 Å². The van der Waals surface area contributed by atoms with Crippen molar-refractivity contribution in [2.75, 3.05) is 7.11 Å². The number of hydrogen-bond donors (Lipinski definition) is 0. The number of rotatable bonds is 4. The lowest BCUT2D eigenvalue weighted by atomic mass is 10.0. The maximum absolute atomic E-state index is 13.3. The van der Waals surface area contributed by atoms with Crippen molar-refractivity contribution in [3.63, 3.8) is 0 Å². The van der Waals surface area contributed by atoms with Crippen LogP contribution < -0.4 is 4.74 Å². The van der Waals surface area contributed by atoms with Crippen LogP contribution in [0.5, 0.6) is 5.75 Å². The molecule has 0 N–H and O–H groups in total. The SMILES string of the molecule is COc1ccc(F)cc1C(=O)c1snnc1C(C)C. The number of nitrogens with zero attached hydrogens (tertiary/aromatic N) is 2. The standard InChI is InChI=1S/C13H13FN2O2S/c1-7(2)11-13(19-16-15-11)12(17)9-6-8(14)4-5-10(9)18-3/h4-7H,1-3H3. The first-order valence-electron chi connectivity index (χ1n) is 5.75. The van der Waals surface area contributed by atoms with Crippen molar-refractivity contribution in [3.05, 3.63) is 40.2 Å². The van der Waals surface area contributed by atoms with Gasteiger partial charge in [-0.15, -0.1) is 5.10 Å². The summed E-state index contributed by atoms with van der Waals surface area (Å²) in [5, 5.41) is 3.95. The Labute approximate surface area is 114 Å². The highest BCUT2D eigenvalue weighted by Gasteiger charge is 2.23. The second-order valence-corrected chi connectivity index (χ2v) is 5.07. The fraction of sp³-hybridized carbons (Fsp3) is 0.308. The molecule has 1 aromatic carbocycles. The number of benzene rings is 1. The zero-order valence-corrected chi connectivity index (χ0v) is 11.6. The molecule has 2 aromatic rings. The predicted molar refractivity (Wildman–Crippen MR) is 70.4 cm³/mol. The van der Waals surface area contributed by atoms with E-state index in [9.17, 15) is 9.18 Å². The van der Waals surface area contributed by atoms with E-state index in [2.05, 4.69) is 9.59 Å². The van der Waals surface area contributed by atoms with Gasteiger partial charge in [0.05, 0.1) is 18.4 Å². The number of carbonyl (C=O) groups is 1. The zero-order chi connectivity index (χ0) is 14.0. The summed E-state index contributed by atoms with van der Waals surface area (Å²) in [7, 11) is 1.44. The van der Waals surface area contributed by atoms with E-state index in [-0.39, 0.29) is 17.3 Å². The first-order chi connectivity index (χ1) is 9.04. The minimum atomic E-state index is -0.479. The Hall–Kier alpha value is -1.82. The molecular formula is C13H13FN2O2S. The van der Waals surface area contributed by atoms with E-state index in [0.717, 1.165) is 11.5 Å². The van der Waals surface area contributed by atoms with Crippen molar-refractivity contribution in [1.29, 1.82) is 0 Å². The van der Waals surface area contributed by atoms with Crippen LogP contribution in [0.3, 0.4) is 0 Å². The summed E-state index contributed by atoms with van der Waals surface area (Å²) >= 11 is 1.02. The van der Waals surface area contributed by atoms with Gasteiger partial charge in [0.25, 0.3) is 0 Å². The molecule has 0 unspecified atom stereocenters. The van der Waals surface area contributed by atoms with Crippen LogP contribution in [0.25, 0.3) is 0 Å². The Morgan fingerprint density at radius 2 is 2.16 bits per heavy atom. The van der Waals surface area contributed by atoms with E-state index in [4.69, 9.17) is 4.74 Å². The highest BCUT2D eigenvalue weighted by molar-refractivity contribution is 7.08. The smallest absolute Gasteiger partial charge is 0.210 e. The molecule has 0 aliphatic heterocycles. The molecule has 0 spiro atoms. The van der Waals surface area contributed by atoms with Crippen molar-refractivity contribution >= 4 is 17.3 Å². The fourth-order valence-corrected chi connectivity index (χ4v) is 2.49. The molecule has 100 valence electrons. The molecule has 0 atom stereocenters. The monoisotopic (exact) mass is 280 g/mol. The molecule has 0 aliphatic carbocycles. The molecule has 0 radical (unpaired) electrons. The first kappa shape index (κ1) is 13.6. The molecule has 0 fully saturated rings. The maximum Gasteiger partial charge on any atom is 0.210 e. The average molecular weight is 280 g/mol. The minimum absolute atomic E-state index is 0.0808. The molecule has 6 heteroatoms. The normalized spacial score (nSPS) is 10.8. The molecule has 0 amide bonds. The van der Waals surface area contributed by atoms with Crippen LogP contribution in [-0.2, 0) is 0 Å². The summed E-state index contributed by atoms with van der Waals surface area (Å²) in [6.45, 7) is 3.85. The number of hydrogen-bond acceptors (Lipinski definition) is 5. The van der Waals surface area contributed by atoms with Gasteiger partial charge in [0.2, 0.25) is 5.78 Å². The summed E-state index contributed by atoms with van der Waals surface area (Å²) in [6.07, 6.45) is 0. The zero-order valence-electron chi connectivity index (χ0n) is 10.8. The van der Waals surface area contributed by atoms with Crippen LogP contribution in [-0.4, -0.2) is 22.5 Å². The number of carbonyl (C=O) groups excluding carboxylic acids is 1. The van der Waals surface area contributed by atoms with E-state index >= 15 is 0 Å². The largest absolute Gasteiger partial charge is 0.496 e. The third-order valence-corrected chi connectivity index (χ3v) is 3.41. The van der Waals surface area contributed by atoms with Crippen molar-refractivity contribution in [3.8, 4) is 5.75 Å². The topological polar surface area (TPSA) is 52.1 Å². The molecule has 0 aliphatic rings. The second-order valence-electron chi connectivity index (χ2n) is 4.32. The van der Waals surface area contributed by atoms with Gasteiger partial charge in [-0.05, 0) is 35.6 Å². The predicted octanol–water partition coefficient (Wildman–Crippen LogP) is 3.04. The van der Waals surface area contributed by atoms with Gasteiger partial charge in [0, 0.05) is 0 Å². The van der Waals surface area contributed by atoms with Gasteiger partial charge in [-0.1, -0.05) is 18.3 Å². The number of halogens is 1. The van der Waals surface area contributed by atoms with Gasteiger partial charge >= 0.3 is 0 Å². The van der Waals surface area contributed by atoms with Gasteiger partial charge in [0.15, 0.2) is 0 Å². The summed E-state index contributed by atoms with van der Waals surface area (Å²) in [4.78, 5) is 12.9. The van der Waals surface area contributed by atoms with Gasteiger partial charge in [-0.25, -0.2) is 4.39 Å². The lowest BCUT2D eigenvalue weighted by molar-refractivity contribution is 0.103. The lowest BCUT2D eigenvalue weighted by Crippen LogP contribution is -2.06. The highest BCUT2D eigenvalue weighted by atomic mass is 32.1. The Morgan fingerprint density at radius 3 is 2.79 bits per heavy atom. The van der Waals surface area contributed by atoms with Crippen LogP contribution in [0.15, 0.2) is 18.2 Å². The lowest BCUT2D eigenvalue weighted by Gasteiger charge is -2.08. The molecule has 0 saturated heterocycles. The van der Waals surface area contributed by atoms with Crippen LogP contribution >= 0.6 is 11.5 Å². The Balaban J connectivity index is 2.49. The van der Waals surface area contributed by atoms with E-state index in [1.165, 1.54) is 25.3 Å². The van der Waals surface area contributed by atoms with Gasteiger partial charge in [-0.2, -0.15) is 0 Å². The maximum atomic E-state index is 13.3. The Bertz CT molecular complexity index is 610. The average Bonchev–Trinajstić information content (AvgIpc) is 2.87. The van der Waals surface area contributed by atoms with E-state index in [0.29, 0.717) is 16.3 Å². The molecule has 19 heavy (non-hydrogen) atoms. The van der Waals surface area contributed by atoms with Gasteiger partial charge in [0.1, 0.15) is 16.4 Å². The summed E-state index contributed by atoms with van der Waals surface area (Å²) in [5.41, 5.74) is 0.816. The molecule has 1 heterocycles. The molecular weight excluding hydrogens is 267 g/mol. The van der Waals surface area contributed by atoms with Crippen LogP contribution in [0, 0.1) is 5.82 Å². The molecule has 0 bridgehead atoms. The van der Waals surface area contributed by atoms with E-state index in [1.54, 1.807) is 0 Å². The highest BCUT2D eigenvalue weighted by Crippen LogP contribution is 2.27. The van der Waals surface area contributed by atoms with E-state index < -0.39 is 5.82 Å². The second kappa shape index (κ2) is 5.44. The van der Waals surface area contributed by atoms with E-state index in [1.807, 2.05) is 13.8 Å². The number of ketones is 1. The summed E-state index contributed by atoms with van der Waals surface area (Å²) < 4.78 is 22.2. The van der Waals surface area contributed by atoms with Crippen molar-refractivity contribution in [2.45, 2.75) is 19.8 Å². The number of methoxy groups -OCH3 is 1. The minimum Gasteiger partial charge on any atom is -0.496 e. The quantitative estimate of drug-likeness (QED) is 0.808. The first-order valence-corrected chi connectivity index (χ1v) is 6.52. The Kier molecular flexibility index (Phi) is 3.90. The van der Waals surface area contributed by atoms with Crippen molar-refractivity contribution in [1.82, 2.24) is 9.59 Å². The summed E-state index contributed by atoms with van der Waals surface area (Å²) in [6, 6.07) is 3.86. The van der Waals surface area contributed by atoms with Crippen LogP contribution in [0.1, 0.15) is 40.7 Å². The third-order valence-electron chi connectivity index (χ3n) is 2.67. The summed E-state index contributed by atoms with van der Waals surface area (Å²) in [5.74, 6) is -0.366. The van der Waals surface area contributed by atoms with Crippen LogP contribution in [0.2, 0.25) is 0 Å². The molecule has 0 saturated carbocycles. The van der Waals surface area contributed by atoms with Gasteiger partial charge < -0.3 is 4.74 Å². The number of ether oxygens (including phenoxy) is 1. The van der Waals surface area contributed by atoms with Crippen molar-refractivity contribution < 1.29 is 13.9 Å². The Morgan fingerprint density at radius 1 is 1.42 bits per heavy atom. The number of aromatic nitrogens is 2.